The fourth-order valence-corrected chi connectivity index (χ4v) is 6.77. The van der Waals surface area contributed by atoms with Crippen LogP contribution in [0.4, 0.5) is 11.4 Å². The predicted molar refractivity (Wildman–Crippen MR) is 180 cm³/mol. The zero-order valence-corrected chi connectivity index (χ0v) is 28.1. The van der Waals surface area contributed by atoms with Gasteiger partial charge in [-0.2, -0.15) is 0 Å². The van der Waals surface area contributed by atoms with Gasteiger partial charge in [0.1, 0.15) is 18.3 Å². The number of ether oxygens (including phenoxy) is 1. The number of nitro benzene ring substituents is 1. The molecule has 0 fully saturated rings. The van der Waals surface area contributed by atoms with Crippen molar-refractivity contribution in [3.05, 3.63) is 128 Å². The van der Waals surface area contributed by atoms with Gasteiger partial charge in [-0.1, -0.05) is 77.8 Å². The highest BCUT2D eigenvalue weighted by atomic mass is 35.5. The molecule has 0 heterocycles. The summed E-state index contributed by atoms with van der Waals surface area (Å²) < 4.78 is 34.9. The summed E-state index contributed by atoms with van der Waals surface area (Å²) in [4.78, 5) is 39.8. The number of halogens is 2. The van der Waals surface area contributed by atoms with Crippen molar-refractivity contribution in [1.82, 2.24) is 10.2 Å². The number of hydrogen-bond acceptors (Lipinski definition) is 7. The molecule has 0 radical (unpaired) electrons. The number of sulfonamides is 1. The van der Waals surface area contributed by atoms with Crippen LogP contribution < -0.4 is 14.4 Å². The molecule has 0 aliphatic heterocycles. The molecule has 0 aliphatic carbocycles. The number of anilines is 1. The number of likely N-dealkylation sites (N-methyl/N-ethyl adjacent to an activating group) is 1. The summed E-state index contributed by atoms with van der Waals surface area (Å²) in [5.41, 5.74) is 1.02. The number of nitro groups is 1. The van der Waals surface area contributed by atoms with E-state index in [2.05, 4.69) is 5.32 Å². The molecule has 14 heteroatoms. The molecule has 0 saturated heterocycles. The quantitative estimate of drug-likeness (QED) is 0.138. The molecule has 4 aromatic rings. The fourth-order valence-electron chi connectivity index (χ4n) is 4.98. The summed E-state index contributed by atoms with van der Waals surface area (Å²) in [6.07, 6.45) is 0.105. The summed E-state index contributed by atoms with van der Waals surface area (Å²) in [5.74, 6) is -1.18. The van der Waals surface area contributed by atoms with Crippen molar-refractivity contribution in [2.45, 2.75) is 30.8 Å². The Balaban J connectivity index is 1.89. The van der Waals surface area contributed by atoms with Crippen LogP contribution in [0, 0.1) is 17.0 Å². The molecular weight excluding hydrogens is 667 g/mol. The van der Waals surface area contributed by atoms with Crippen LogP contribution in [0.5, 0.6) is 5.75 Å². The number of amides is 2. The van der Waals surface area contributed by atoms with E-state index in [1.807, 2.05) is 18.2 Å². The van der Waals surface area contributed by atoms with Crippen LogP contribution in [-0.2, 0) is 32.6 Å². The summed E-state index contributed by atoms with van der Waals surface area (Å²) in [7, 11) is -1.92. The van der Waals surface area contributed by atoms with Crippen molar-refractivity contribution >= 4 is 56.4 Å². The Bertz CT molecular complexity index is 1890. The lowest BCUT2D eigenvalue weighted by Crippen LogP contribution is -2.53. The second kappa shape index (κ2) is 15.3. The van der Waals surface area contributed by atoms with Crippen molar-refractivity contribution in [2.75, 3.05) is 25.0 Å². The van der Waals surface area contributed by atoms with Crippen molar-refractivity contribution in [3.8, 4) is 5.75 Å². The van der Waals surface area contributed by atoms with Gasteiger partial charge in [0, 0.05) is 41.7 Å². The molecule has 4 aromatic carbocycles. The largest absolute Gasteiger partial charge is 0.495 e. The van der Waals surface area contributed by atoms with Crippen LogP contribution in [-0.4, -0.2) is 56.8 Å². The molecule has 0 aliphatic rings. The number of aryl methyl sites for hydroxylation is 1. The number of rotatable bonds is 13. The monoisotopic (exact) mass is 698 g/mol. The molecule has 1 N–H and O–H groups in total. The molecule has 0 bridgehead atoms. The first-order valence-corrected chi connectivity index (χ1v) is 16.5. The minimum atomic E-state index is -4.68. The van der Waals surface area contributed by atoms with E-state index in [1.54, 1.807) is 36.4 Å². The number of methoxy groups -OCH3 is 1. The highest BCUT2D eigenvalue weighted by Gasteiger charge is 2.36. The molecule has 47 heavy (non-hydrogen) atoms. The fraction of sp³-hybridized carbons (Fsp3) is 0.212. The molecular formula is C33H32Cl2N4O7S. The van der Waals surface area contributed by atoms with Crippen LogP contribution >= 0.6 is 23.2 Å². The minimum absolute atomic E-state index is 0.0668. The summed E-state index contributed by atoms with van der Waals surface area (Å²) in [6.45, 7) is 0.515. The Morgan fingerprint density at radius 1 is 0.979 bits per heavy atom. The smallest absolute Gasteiger partial charge is 0.273 e. The van der Waals surface area contributed by atoms with Crippen LogP contribution in [0.2, 0.25) is 10.0 Å². The number of nitrogens with one attached hydrogen (secondary N) is 1. The average molecular weight is 700 g/mol. The molecule has 0 spiro atoms. The number of carbonyl (C=O) groups is 2. The maximum Gasteiger partial charge on any atom is 0.273 e. The van der Waals surface area contributed by atoms with Gasteiger partial charge < -0.3 is 15.0 Å². The van der Waals surface area contributed by atoms with E-state index in [1.165, 1.54) is 56.3 Å². The second-order valence-corrected chi connectivity index (χ2v) is 13.2. The third-order valence-electron chi connectivity index (χ3n) is 7.47. The first kappa shape index (κ1) is 35.2. The maximum atomic E-state index is 14.5. The molecule has 0 aromatic heterocycles. The molecule has 4 rings (SSSR count). The summed E-state index contributed by atoms with van der Waals surface area (Å²) >= 11 is 12.8. The van der Waals surface area contributed by atoms with E-state index in [4.69, 9.17) is 27.9 Å². The van der Waals surface area contributed by atoms with Crippen LogP contribution in [0.3, 0.4) is 0 Å². The zero-order valence-electron chi connectivity index (χ0n) is 25.7. The number of carbonyl (C=O) groups excluding carboxylic acids is 2. The summed E-state index contributed by atoms with van der Waals surface area (Å²) in [6, 6.07) is 22.5. The van der Waals surface area contributed by atoms with Crippen LogP contribution in [0.25, 0.3) is 0 Å². The number of benzene rings is 4. The van der Waals surface area contributed by atoms with Crippen LogP contribution in [0.1, 0.15) is 16.7 Å². The highest BCUT2D eigenvalue weighted by molar-refractivity contribution is 7.92. The van der Waals surface area contributed by atoms with E-state index in [-0.39, 0.29) is 35.0 Å². The summed E-state index contributed by atoms with van der Waals surface area (Å²) in [5, 5.41) is 14.8. The molecule has 0 unspecified atom stereocenters. The van der Waals surface area contributed by atoms with Gasteiger partial charge in [0.2, 0.25) is 11.8 Å². The van der Waals surface area contributed by atoms with E-state index >= 15 is 0 Å². The van der Waals surface area contributed by atoms with E-state index in [9.17, 15) is 28.1 Å². The van der Waals surface area contributed by atoms with Gasteiger partial charge in [-0.15, -0.1) is 0 Å². The third kappa shape index (κ3) is 8.20. The normalized spacial score (nSPS) is 11.8. The molecule has 246 valence electrons. The van der Waals surface area contributed by atoms with Gasteiger partial charge >= 0.3 is 0 Å². The standard InChI is InChI=1S/C33H32Cl2N4O7S/c1-22-13-15-26(19-28(22)39(42)43)47(44,45)38(29-18-25(34)14-16-31(29)46-3)21-32(40)37(20-24-11-7-8-12-27(24)35)30(33(41)36-2)17-23-9-5-4-6-10-23/h4-16,18-19,30H,17,20-21H2,1-3H3,(H,36,41)/t30-/m1/s1. The Morgan fingerprint density at radius 3 is 2.30 bits per heavy atom. The van der Waals surface area contributed by atoms with Gasteiger partial charge in [-0.25, -0.2) is 8.42 Å². The van der Waals surface area contributed by atoms with Gasteiger partial charge in [-0.3, -0.25) is 24.0 Å². The third-order valence-corrected chi connectivity index (χ3v) is 9.83. The van der Waals surface area contributed by atoms with Crippen molar-refractivity contribution in [1.29, 1.82) is 0 Å². The molecule has 0 saturated carbocycles. The number of hydrogen-bond donors (Lipinski definition) is 1. The lowest BCUT2D eigenvalue weighted by atomic mass is 10.0. The van der Waals surface area contributed by atoms with Gasteiger partial charge in [0.15, 0.2) is 0 Å². The lowest BCUT2D eigenvalue weighted by Gasteiger charge is -2.34. The van der Waals surface area contributed by atoms with Gasteiger partial charge in [-0.05, 0) is 48.4 Å². The van der Waals surface area contributed by atoms with Crippen molar-refractivity contribution < 1.29 is 27.7 Å². The maximum absolute atomic E-state index is 14.5. The first-order chi connectivity index (χ1) is 22.4. The highest BCUT2D eigenvalue weighted by Crippen LogP contribution is 2.36. The van der Waals surface area contributed by atoms with Gasteiger partial charge in [0.25, 0.3) is 15.7 Å². The van der Waals surface area contributed by atoms with E-state index in [0.29, 0.717) is 10.6 Å². The van der Waals surface area contributed by atoms with Crippen LogP contribution in [0.15, 0.2) is 95.9 Å². The van der Waals surface area contributed by atoms with E-state index in [0.717, 1.165) is 15.9 Å². The van der Waals surface area contributed by atoms with Crippen molar-refractivity contribution in [3.63, 3.8) is 0 Å². The first-order valence-electron chi connectivity index (χ1n) is 14.3. The topological polar surface area (TPSA) is 139 Å². The SMILES string of the molecule is CNC(=O)[C@@H](Cc1ccccc1)N(Cc1ccccc1Cl)C(=O)CN(c1cc(Cl)ccc1OC)S(=O)(=O)c1ccc(C)c([N+](=O)[O-])c1. The minimum Gasteiger partial charge on any atom is -0.495 e. The van der Waals surface area contributed by atoms with Gasteiger partial charge in [0.05, 0.1) is 22.6 Å². The Hall–Kier alpha value is -4.65. The van der Waals surface area contributed by atoms with E-state index < -0.39 is 49.9 Å². The molecule has 2 amide bonds. The lowest BCUT2D eigenvalue weighted by molar-refractivity contribution is -0.385. The molecule has 11 nitrogen and oxygen atoms in total. The second-order valence-electron chi connectivity index (χ2n) is 10.5. The average Bonchev–Trinajstić information content (AvgIpc) is 3.05. The number of nitrogens with zero attached hydrogens (tertiary/aromatic N) is 3. The Morgan fingerprint density at radius 2 is 1.66 bits per heavy atom. The zero-order chi connectivity index (χ0) is 34.3. The Labute approximate surface area is 282 Å². The Kier molecular flexibility index (Phi) is 11.5. The predicted octanol–water partition coefficient (Wildman–Crippen LogP) is 5.80. The molecule has 1 atom stereocenters. The van der Waals surface area contributed by atoms with Crippen molar-refractivity contribution in [2.24, 2.45) is 0 Å².